The minimum atomic E-state index is -0.385. The summed E-state index contributed by atoms with van der Waals surface area (Å²) in [5.41, 5.74) is 7.69. The fourth-order valence-corrected chi connectivity index (χ4v) is 2.99. The molecule has 1 aromatic rings. The number of nitrogens with one attached hydrogen (secondary N) is 1. The average molecular weight is 289 g/mol. The van der Waals surface area contributed by atoms with Gasteiger partial charge in [0.25, 0.3) is 0 Å². The highest BCUT2D eigenvalue weighted by Crippen LogP contribution is 2.22. The number of benzene rings is 1. The van der Waals surface area contributed by atoms with E-state index in [2.05, 4.69) is 5.32 Å². The molecule has 1 aromatic carbocycles. The second-order valence-corrected chi connectivity index (χ2v) is 6.18. The summed E-state index contributed by atoms with van der Waals surface area (Å²) in [4.78, 5) is 13.9. The average Bonchev–Trinajstić information content (AvgIpc) is 2.73. The van der Waals surface area contributed by atoms with Crippen molar-refractivity contribution in [3.8, 4) is 0 Å². The van der Waals surface area contributed by atoms with Crippen LogP contribution in [0, 0.1) is 0 Å². The maximum Gasteiger partial charge on any atom is 0.239 e. The number of rotatable bonds is 5. The highest BCUT2D eigenvalue weighted by Gasteiger charge is 2.22. The first-order chi connectivity index (χ1) is 10.1. The van der Waals surface area contributed by atoms with Gasteiger partial charge in [0.2, 0.25) is 5.91 Å². The summed E-state index contributed by atoms with van der Waals surface area (Å²) in [5.74, 6) is -0.295. The van der Waals surface area contributed by atoms with Crippen LogP contribution in [-0.2, 0) is 4.79 Å². The number of amides is 1. The predicted octanol–water partition coefficient (Wildman–Crippen LogP) is 2.59. The van der Waals surface area contributed by atoms with E-state index in [0.717, 1.165) is 24.1 Å². The van der Waals surface area contributed by atoms with Crippen LogP contribution in [0.5, 0.6) is 0 Å². The van der Waals surface area contributed by atoms with Crippen LogP contribution in [0.25, 0.3) is 0 Å². The van der Waals surface area contributed by atoms with Gasteiger partial charge in [0, 0.05) is 25.8 Å². The molecule has 0 aromatic heterocycles. The number of hydrogen-bond acceptors (Lipinski definition) is 3. The summed E-state index contributed by atoms with van der Waals surface area (Å²) in [6, 6.07) is 8.06. The molecule has 1 saturated carbocycles. The van der Waals surface area contributed by atoms with Gasteiger partial charge in [-0.3, -0.25) is 10.1 Å². The molecule has 1 aliphatic rings. The van der Waals surface area contributed by atoms with Gasteiger partial charge in [0.1, 0.15) is 6.04 Å². The highest BCUT2D eigenvalue weighted by atomic mass is 16.1. The molecule has 1 aliphatic carbocycles. The Bertz CT molecular complexity index is 448. The van der Waals surface area contributed by atoms with E-state index in [0.29, 0.717) is 6.04 Å². The molecule has 1 atom stereocenters. The van der Waals surface area contributed by atoms with Gasteiger partial charge in [0.05, 0.1) is 0 Å². The molecule has 4 nitrogen and oxygen atoms in total. The molecule has 21 heavy (non-hydrogen) atoms. The quantitative estimate of drug-likeness (QED) is 0.819. The SMILES string of the molecule is CN(C)c1ccc(C(NC2CCCCCC2)C(N)=O)cc1. The third-order valence-corrected chi connectivity index (χ3v) is 4.28. The number of carbonyl (C=O) groups excluding carboxylic acids is 1. The summed E-state index contributed by atoms with van der Waals surface area (Å²) >= 11 is 0. The molecule has 0 bridgehead atoms. The van der Waals surface area contributed by atoms with E-state index in [9.17, 15) is 4.79 Å². The second-order valence-electron chi connectivity index (χ2n) is 6.18. The topological polar surface area (TPSA) is 58.4 Å². The third kappa shape index (κ3) is 4.46. The molecule has 4 heteroatoms. The van der Waals surface area contributed by atoms with Gasteiger partial charge in [-0.25, -0.2) is 0 Å². The Morgan fingerprint density at radius 1 is 1.14 bits per heavy atom. The molecular formula is C17H27N3O. The van der Waals surface area contributed by atoms with Crippen molar-refractivity contribution in [1.29, 1.82) is 0 Å². The van der Waals surface area contributed by atoms with Crippen molar-refractivity contribution in [2.75, 3.05) is 19.0 Å². The lowest BCUT2D eigenvalue weighted by Gasteiger charge is -2.23. The Morgan fingerprint density at radius 2 is 1.71 bits per heavy atom. The molecule has 116 valence electrons. The fraction of sp³-hybridized carbons (Fsp3) is 0.588. The second kappa shape index (κ2) is 7.46. The van der Waals surface area contributed by atoms with E-state index in [1.807, 2.05) is 43.3 Å². The van der Waals surface area contributed by atoms with Gasteiger partial charge in [-0.05, 0) is 30.5 Å². The Morgan fingerprint density at radius 3 is 2.19 bits per heavy atom. The van der Waals surface area contributed by atoms with Gasteiger partial charge in [-0.2, -0.15) is 0 Å². The number of hydrogen-bond donors (Lipinski definition) is 2. The van der Waals surface area contributed by atoms with Gasteiger partial charge < -0.3 is 10.6 Å². The van der Waals surface area contributed by atoms with E-state index < -0.39 is 0 Å². The van der Waals surface area contributed by atoms with E-state index in [1.165, 1.54) is 25.7 Å². The van der Waals surface area contributed by atoms with Gasteiger partial charge in [0.15, 0.2) is 0 Å². The molecule has 2 rings (SSSR count). The summed E-state index contributed by atoms with van der Waals surface area (Å²) in [5, 5.41) is 3.47. The predicted molar refractivity (Wildman–Crippen MR) is 87.3 cm³/mol. The molecule has 3 N–H and O–H groups in total. The normalized spacial score (nSPS) is 18.0. The molecular weight excluding hydrogens is 262 g/mol. The minimum Gasteiger partial charge on any atom is -0.378 e. The van der Waals surface area contributed by atoms with Crippen LogP contribution in [0.2, 0.25) is 0 Å². The number of nitrogens with two attached hydrogens (primary N) is 1. The van der Waals surface area contributed by atoms with Crippen LogP contribution >= 0.6 is 0 Å². The van der Waals surface area contributed by atoms with Gasteiger partial charge in [-0.15, -0.1) is 0 Å². The van der Waals surface area contributed by atoms with E-state index in [4.69, 9.17) is 5.73 Å². The zero-order chi connectivity index (χ0) is 15.2. The van der Waals surface area contributed by atoms with Crippen molar-refractivity contribution in [2.24, 2.45) is 5.73 Å². The Hall–Kier alpha value is -1.55. The van der Waals surface area contributed by atoms with Gasteiger partial charge >= 0.3 is 0 Å². The molecule has 1 unspecified atom stereocenters. The number of carbonyl (C=O) groups is 1. The van der Waals surface area contributed by atoms with Crippen molar-refractivity contribution >= 4 is 11.6 Å². The number of anilines is 1. The summed E-state index contributed by atoms with van der Waals surface area (Å²) in [6.07, 6.45) is 7.36. The van der Waals surface area contributed by atoms with Crippen molar-refractivity contribution in [1.82, 2.24) is 5.32 Å². The Balaban J connectivity index is 2.08. The molecule has 0 spiro atoms. The molecule has 0 heterocycles. The molecule has 0 saturated heterocycles. The Kier molecular flexibility index (Phi) is 5.62. The lowest BCUT2D eigenvalue weighted by molar-refractivity contribution is -0.120. The van der Waals surface area contributed by atoms with Gasteiger partial charge in [-0.1, -0.05) is 37.8 Å². The van der Waals surface area contributed by atoms with E-state index >= 15 is 0 Å². The van der Waals surface area contributed by atoms with Crippen LogP contribution in [0.4, 0.5) is 5.69 Å². The lowest BCUT2D eigenvalue weighted by Crippen LogP contribution is -2.39. The van der Waals surface area contributed by atoms with Crippen LogP contribution < -0.4 is 16.0 Å². The minimum absolute atomic E-state index is 0.295. The third-order valence-electron chi connectivity index (χ3n) is 4.28. The first-order valence-corrected chi connectivity index (χ1v) is 7.90. The summed E-state index contributed by atoms with van der Waals surface area (Å²) in [7, 11) is 4.01. The van der Waals surface area contributed by atoms with E-state index in [-0.39, 0.29) is 11.9 Å². The van der Waals surface area contributed by atoms with Crippen molar-refractivity contribution in [3.63, 3.8) is 0 Å². The van der Waals surface area contributed by atoms with Crippen LogP contribution in [0.1, 0.15) is 50.1 Å². The van der Waals surface area contributed by atoms with Crippen molar-refractivity contribution in [2.45, 2.75) is 50.6 Å². The lowest BCUT2D eigenvalue weighted by atomic mass is 10.0. The molecule has 1 amide bonds. The monoisotopic (exact) mass is 289 g/mol. The fourth-order valence-electron chi connectivity index (χ4n) is 2.99. The number of primary amides is 1. The molecule has 0 aliphatic heterocycles. The first-order valence-electron chi connectivity index (χ1n) is 7.90. The zero-order valence-corrected chi connectivity index (χ0v) is 13.1. The van der Waals surface area contributed by atoms with Crippen LogP contribution in [0.3, 0.4) is 0 Å². The van der Waals surface area contributed by atoms with Crippen molar-refractivity contribution in [3.05, 3.63) is 29.8 Å². The van der Waals surface area contributed by atoms with Crippen LogP contribution in [0.15, 0.2) is 24.3 Å². The summed E-state index contributed by atoms with van der Waals surface area (Å²) < 4.78 is 0. The van der Waals surface area contributed by atoms with Crippen LogP contribution in [-0.4, -0.2) is 26.0 Å². The maximum atomic E-state index is 11.8. The Labute approximate surface area is 127 Å². The number of nitrogens with zero attached hydrogens (tertiary/aromatic N) is 1. The largest absolute Gasteiger partial charge is 0.378 e. The summed E-state index contributed by atoms with van der Waals surface area (Å²) in [6.45, 7) is 0. The maximum absolute atomic E-state index is 11.8. The highest BCUT2D eigenvalue weighted by molar-refractivity contribution is 5.81. The standard InChI is InChI=1S/C17H27N3O/c1-20(2)15-11-9-13(10-12-15)16(17(18)21)19-14-7-5-3-4-6-8-14/h9-12,14,16,19H,3-8H2,1-2H3,(H2,18,21). The molecule has 0 radical (unpaired) electrons. The van der Waals surface area contributed by atoms with Crippen molar-refractivity contribution < 1.29 is 4.79 Å². The zero-order valence-electron chi connectivity index (χ0n) is 13.1. The van der Waals surface area contributed by atoms with E-state index in [1.54, 1.807) is 0 Å². The molecule has 1 fully saturated rings. The smallest absolute Gasteiger partial charge is 0.239 e. The first kappa shape index (κ1) is 15.8.